The first-order chi connectivity index (χ1) is 15.7. The molecule has 0 radical (unpaired) electrons. The zero-order chi connectivity index (χ0) is 22.2. The minimum atomic E-state index is 0.0836. The molecule has 0 unspecified atom stereocenters. The molecular weight excluding hydrogens is 398 g/mol. The minimum Gasteiger partial charge on any atom is -0.396 e. The number of aliphatic hydroxyl groups excluding tert-OH is 1. The molecule has 2 aromatic rings. The predicted molar refractivity (Wildman–Crippen MR) is 131 cm³/mol. The number of anilines is 2. The normalized spacial score (nSPS) is 20.3. The van der Waals surface area contributed by atoms with Gasteiger partial charge in [0.1, 0.15) is 0 Å². The summed E-state index contributed by atoms with van der Waals surface area (Å²) in [5, 5.41) is 12.6. The van der Waals surface area contributed by atoms with Crippen molar-refractivity contribution >= 4 is 17.3 Å². The van der Waals surface area contributed by atoms with Crippen molar-refractivity contribution in [2.45, 2.75) is 51.0 Å². The van der Waals surface area contributed by atoms with E-state index in [0.717, 1.165) is 57.4 Å². The molecule has 4 rings (SSSR count). The van der Waals surface area contributed by atoms with Gasteiger partial charge in [-0.1, -0.05) is 36.4 Å². The first-order valence-corrected chi connectivity index (χ1v) is 12.2. The molecule has 0 saturated carbocycles. The van der Waals surface area contributed by atoms with Crippen molar-refractivity contribution in [2.24, 2.45) is 5.92 Å². The van der Waals surface area contributed by atoms with Crippen molar-refractivity contribution < 1.29 is 9.90 Å². The summed E-state index contributed by atoms with van der Waals surface area (Å²) in [5.41, 5.74) is 3.36. The van der Waals surface area contributed by atoms with Gasteiger partial charge in [-0.2, -0.15) is 0 Å². The average Bonchev–Trinajstić information content (AvgIpc) is 2.85. The number of benzene rings is 2. The fraction of sp³-hybridized carbons (Fsp3) is 0.519. The van der Waals surface area contributed by atoms with E-state index in [2.05, 4.69) is 39.4 Å². The molecule has 2 aromatic carbocycles. The third-order valence-electron chi connectivity index (χ3n) is 7.00. The zero-order valence-corrected chi connectivity index (χ0v) is 19.1. The number of hydrogen-bond acceptors (Lipinski definition) is 4. The molecule has 1 amide bonds. The molecule has 2 saturated heterocycles. The van der Waals surface area contributed by atoms with E-state index in [1.54, 1.807) is 0 Å². The van der Waals surface area contributed by atoms with Crippen LogP contribution in [-0.2, 0) is 11.2 Å². The molecule has 1 atom stereocenters. The quantitative estimate of drug-likeness (QED) is 0.648. The van der Waals surface area contributed by atoms with Gasteiger partial charge in [0.25, 0.3) is 0 Å². The first kappa shape index (κ1) is 22.8. The molecule has 172 valence electrons. The highest BCUT2D eigenvalue weighted by atomic mass is 16.3. The van der Waals surface area contributed by atoms with Crippen LogP contribution in [0.15, 0.2) is 54.6 Å². The second kappa shape index (κ2) is 11.5. The fourth-order valence-electron chi connectivity index (χ4n) is 5.17. The van der Waals surface area contributed by atoms with E-state index >= 15 is 0 Å². The van der Waals surface area contributed by atoms with Gasteiger partial charge in [-0.25, -0.2) is 0 Å². The van der Waals surface area contributed by atoms with Crippen molar-refractivity contribution in [3.05, 3.63) is 60.2 Å². The highest BCUT2D eigenvalue weighted by Gasteiger charge is 2.28. The molecule has 0 aromatic heterocycles. The molecule has 2 aliphatic rings. The molecule has 0 bridgehead atoms. The van der Waals surface area contributed by atoms with E-state index in [1.807, 2.05) is 30.3 Å². The molecule has 5 heteroatoms. The van der Waals surface area contributed by atoms with E-state index in [4.69, 9.17) is 0 Å². The maximum Gasteiger partial charge on any atom is 0.224 e. The summed E-state index contributed by atoms with van der Waals surface area (Å²) in [6, 6.07) is 19.2. The highest BCUT2D eigenvalue weighted by molar-refractivity contribution is 5.91. The molecule has 2 fully saturated rings. The Morgan fingerprint density at radius 2 is 1.81 bits per heavy atom. The number of piperidine rings is 2. The van der Waals surface area contributed by atoms with Gasteiger partial charge in [0, 0.05) is 50.1 Å². The second-order valence-corrected chi connectivity index (χ2v) is 9.34. The largest absolute Gasteiger partial charge is 0.396 e. The maximum atomic E-state index is 12.4. The first-order valence-electron chi connectivity index (χ1n) is 12.2. The summed E-state index contributed by atoms with van der Waals surface area (Å²) in [5.74, 6) is 0.537. The van der Waals surface area contributed by atoms with Crippen molar-refractivity contribution in [2.75, 3.05) is 43.0 Å². The van der Waals surface area contributed by atoms with E-state index < -0.39 is 0 Å². The molecule has 0 aliphatic carbocycles. The van der Waals surface area contributed by atoms with Gasteiger partial charge in [-0.15, -0.1) is 0 Å². The SMILES string of the molecule is O=C(CCCc1ccccc1)Nc1cccc(N2CCC(N3CCC[C@H](CO)C3)CC2)c1. The summed E-state index contributed by atoms with van der Waals surface area (Å²) in [7, 11) is 0. The van der Waals surface area contributed by atoms with Gasteiger partial charge in [0.15, 0.2) is 0 Å². The summed E-state index contributed by atoms with van der Waals surface area (Å²) in [6.45, 7) is 4.62. The van der Waals surface area contributed by atoms with E-state index in [9.17, 15) is 9.90 Å². The van der Waals surface area contributed by atoms with Crippen LogP contribution in [0.1, 0.15) is 44.1 Å². The van der Waals surface area contributed by atoms with Crippen LogP contribution in [0.4, 0.5) is 11.4 Å². The van der Waals surface area contributed by atoms with Crippen LogP contribution in [0.5, 0.6) is 0 Å². The Bertz CT molecular complexity index is 849. The topological polar surface area (TPSA) is 55.8 Å². The Kier molecular flexibility index (Phi) is 8.18. The van der Waals surface area contributed by atoms with Crippen molar-refractivity contribution in [3.8, 4) is 0 Å². The van der Waals surface area contributed by atoms with E-state index in [-0.39, 0.29) is 5.91 Å². The Balaban J connectivity index is 1.24. The molecule has 2 N–H and O–H groups in total. The number of likely N-dealkylation sites (tertiary alicyclic amines) is 1. The Morgan fingerprint density at radius 1 is 1.00 bits per heavy atom. The number of carbonyl (C=O) groups is 1. The number of amides is 1. The maximum absolute atomic E-state index is 12.4. The second-order valence-electron chi connectivity index (χ2n) is 9.34. The summed E-state index contributed by atoms with van der Waals surface area (Å²) < 4.78 is 0. The van der Waals surface area contributed by atoms with Crippen LogP contribution in [0.2, 0.25) is 0 Å². The standard InChI is InChI=1S/C27H37N3O2/c31-21-23-10-6-16-30(20-23)25-14-17-29(18-15-25)26-12-5-11-24(19-26)28-27(32)13-4-9-22-7-2-1-3-8-22/h1-3,5,7-8,11-12,19,23,25,31H,4,6,9-10,13-18,20-21H2,(H,28,32)/t23-/m0/s1. The molecule has 2 aliphatic heterocycles. The zero-order valence-electron chi connectivity index (χ0n) is 19.1. The summed E-state index contributed by atoms with van der Waals surface area (Å²) in [4.78, 5) is 17.5. The number of nitrogens with zero attached hydrogens (tertiary/aromatic N) is 2. The fourth-order valence-corrected chi connectivity index (χ4v) is 5.17. The number of carbonyl (C=O) groups excluding carboxylic acids is 1. The van der Waals surface area contributed by atoms with Crippen LogP contribution in [0.3, 0.4) is 0 Å². The van der Waals surface area contributed by atoms with Crippen LogP contribution >= 0.6 is 0 Å². The molecule has 5 nitrogen and oxygen atoms in total. The van der Waals surface area contributed by atoms with Crippen molar-refractivity contribution in [1.29, 1.82) is 0 Å². The number of hydrogen-bond donors (Lipinski definition) is 2. The van der Waals surface area contributed by atoms with Crippen LogP contribution in [-0.4, -0.2) is 54.7 Å². The lowest BCUT2D eigenvalue weighted by Gasteiger charge is -2.42. The Hall–Kier alpha value is -2.37. The number of rotatable bonds is 8. The van der Waals surface area contributed by atoms with Gasteiger partial charge >= 0.3 is 0 Å². The van der Waals surface area contributed by atoms with Gasteiger partial charge in [-0.05, 0) is 74.8 Å². The third kappa shape index (κ3) is 6.33. The smallest absolute Gasteiger partial charge is 0.224 e. The van der Waals surface area contributed by atoms with Crippen molar-refractivity contribution in [1.82, 2.24) is 4.90 Å². The highest BCUT2D eigenvalue weighted by Crippen LogP contribution is 2.27. The van der Waals surface area contributed by atoms with Crippen LogP contribution in [0, 0.1) is 5.92 Å². The number of nitrogens with one attached hydrogen (secondary N) is 1. The molecule has 0 spiro atoms. The molecule has 32 heavy (non-hydrogen) atoms. The number of aliphatic hydroxyl groups is 1. The lowest BCUT2D eigenvalue weighted by atomic mass is 9.94. The van der Waals surface area contributed by atoms with Crippen LogP contribution < -0.4 is 10.2 Å². The van der Waals surface area contributed by atoms with Crippen LogP contribution in [0.25, 0.3) is 0 Å². The summed E-state index contributed by atoms with van der Waals surface area (Å²) >= 11 is 0. The van der Waals surface area contributed by atoms with Gasteiger partial charge in [0.2, 0.25) is 5.91 Å². The molecular formula is C27H37N3O2. The van der Waals surface area contributed by atoms with Crippen molar-refractivity contribution in [3.63, 3.8) is 0 Å². The predicted octanol–water partition coefficient (Wildman–Crippen LogP) is 4.32. The monoisotopic (exact) mass is 435 g/mol. The van der Waals surface area contributed by atoms with Gasteiger partial charge in [-0.3, -0.25) is 9.69 Å². The molecule has 2 heterocycles. The van der Waals surface area contributed by atoms with E-state index in [0.29, 0.717) is 25.0 Å². The average molecular weight is 436 g/mol. The van der Waals surface area contributed by atoms with Gasteiger partial charge in [0.05, 0.1) is 0 Å². The summed E-state index contributed by atoms with van der Waals surface area (Å²) in [6.07, 6.45) is 7.02. The van der Waals surface area contributed by atoms with Gasteiger partial charge < -0.3 is 15.3 Å². The lowest BCUT2D eigenvalue weighted by molar-refractivity contribution is -0.116. The lowest BCUT2D eigenvalue weighted by Crippen LogP contribution is -2.49. The Morgan fingerprint density at radius 3 is 2.59 bits per heavy atom. The Labute approximate surface area is 192 Å². The number of aryl methyl sites for hydroxylation is 1. The minimum absolute atomic E-state index is 0.0836. The van der Waals surface area contributed by atoms with E-state index in [1.165, 1.54) is 24.2 Å². The third-order valence-corrected chi connectivity index (χ3v) is 7.00.